The van der Waals surface area contributed by atoms with E-state index >= 15 is 0 Å². The second-order valence-electron chi connectivity index (χ2n) is 5.50. The lowest BCUT2D eigenvalue weighted by molar-refractivity contribution is 0.489. The first-order valence-electron chi connectivity index (χ1n) is 7.57. The van der Waals surface area contributed by atoms with E-state index in [0.717, 1.165) is 36.7 Å². The van der Waals surface area contributed by atoms with Gasteiger partial charge in [-0.15, -0.1) is 0 Å². The molecule has 0 amide bonds. The highest BCUT2D eigenvalue weighted by Crippen LogP contribution is 2.25. The minimum atomic E-state index is 0.346. The molecular weight excluding hydrogens is 282 g/mol. The number of hydrogen-bond acceptors (Lipinski definition) is 2. The number of halogens is 1. The second-order valence-corrected chi connectivity index (χ2v) is 5.94. The van der Waals surface area contributed by atoms with E-state index in [2.05, 4.69) is 34.8 Å². The van der Waals surface area contributed by atoms with Gasteiger partial charge in [-0.2, -0.15) is 0 Å². The Hall–Kier alpha value is -1.32. The number of benzene rings is 1. The monoisotopic (exact) mass is 305 g/mol. The summed E-state index contributed by atoms with van der Waals surface area (Å²) in [6, 6.07) is 6.51. The molecule has 0 spiro atoms. The van der Waals surface area contributed by atoms with Crippen LogP contribution in [0.2, 0.25) is 5.02 Å². The van der Waals surface area contributed by atoms with Crippen molar-refractivity contribution in [2.75, 3.05) is 6.54 Å². The third kappa shape index (κ3) is 4.32. The Bertz CT molecular complexity index is 577. The average molecular weight is 306 g/mol. The van der Waals surface area contributed by atoms with Crippen LogP contribution in [0.5, 0.6) is 0 Å². The van der Waals surface area contributed by atoms with Crippen LogP contribution in [0.15, 0.2) is 30.6 Å². The molecule has 2 rings (SSSR count). The van der Waals surface area contributed by atoms with Gasteiger partial charge in [0.15, 0.2) is 0 Å². The highest BCUT2D eigenvalue weighted by molar-refractivity contribution is 6.30. The van der Waals surface area contributed by atoms with Crippen LogP contribution in [0.4, 0.5) is 0 Å². The molecule has 2 aromatic rings. The van der Waals surface area contributed by atoms with Crippen molar-refractivity contribution in [3.8, 4) is 0 Å². The Kier molecular flexibility index (Phi) is 5.83. The minimum Gasteiger partial charge on any atom is -0.338 e. The molecule has 0 saturated heterocycles. The summed E-state index contributed by atoms with van der Waals surface area (Å²) in [5, 5.41) is 4.45. The van der Waals surface area contributed by atoms with E-state index in [4.69, 9.17) is 11.6 Å². The SMILES string of the molecule is CCCNC(CCc1nccn1C)c1ccc(Cl)cc1C. The standard InChI is InChI=1S/C17H24ClN3/c1-4-9-19-16(7-8-17-20-10-11-21(17)3)15-6-5-14(18)12-13(15)2/h5-6,10-12,16,19H,4,7-9H2,1-3H3. The van der Waals surface area contributed by atoms with E-state index in [9.17, 15) is 0 Å². The summed E-state index contributed by atoms with van der Waals surface area (Å²) in [4.78, 5) is 4.41. The molecule has 0 aliphatic heterocycles. The first kappa shape index (κ1) is 16.1. The molecule has 0 aliphatic rings. The molecule has 0 fully saturated rings. The van der Waals surface area contributed by atoms with Crippen LogP contribution in [0.1, 0.15) is 42.8 Å². The molecule has 1 unspecified atom stereocenters. The van der Waals surface area contributed by atoms with Crippen LogP contribution >= 0.6 is 11.6 Å². The predicted octanol–water partition coefficient (Wildman–Crippen LogP) is 4.06. The average Bonchev–Trinajstić information content (AvgIpc) is 2.85. The quantitative estimate of drug-likeness (QED) is 0.836. The number of aryl methyl sites for hydroxylation is 3. The highest BCUT2D eigenvalue weighted by atomic mass is 35.5. The van der Waals surface area contributed by atoms with Gasteiger partial charge in [0.1, 0.15) is 5.82 Å². The number of nitrogens with one attached hydrogen (secondary N) is 1. The maximum absolute atomic E-state index is 6.07. The van der Waals surface area contributed by atoms with Crippen molar-refractivity contribution in [3.05, 3.63) is 52.6 Å². The molecule has 21 heavy (non-hydrogen) atoms. The van der Waals surface area contributed by atoms with Crippen LogP contribution < -0.4 is 5.32 Å². The molecule has 0 radical (unpaired) electrons. The molecule has 1 aromatic heterocycles. The Labute approximate surface area is 132 Å². The normalized spacial score (nSPS) is 12.6. The molecule has 1 atom stereocenters. The molecule has 3 nitrogen and oxygen atoms in total. The van der Waals surface area contributed by atoms with Gasteiger partial charge in [0.2, 0.25) is 0 Å². The van der Waals surface area contributed by atoms with Gasteiger partial charge in [0.25, 0.3) is 0 Å². The maximum Gasteiger partial charge on any atom is 0.108 e. The van der Waals surface area contributed by atoms with E-state index in [1.807, 2.05) is 31.6 Å². The second kappa shape index (κ2) is 7.62. The first-order chi connectivity index (χ1) is 10.1. The molecule has 0 bridgehead atoms. The van der Waals surface area contributed by atoms with Gasteiger partial charge in [-0.25, -0.2) is 4.98 Å². The lowest BCUT2D eigenvalue weighted by Crippen LogP contribution is -2.23. The number of nitrogens with zero attached hydrogens (tertiary/aromatic N) is 2. The number of rotatable bonds is 7. The molecule has 4 heteroatoms. The zero-order valence-electron chi connectivity index (χ0n) is 13.1. The van der Waals surface area contributed by atoms with E-state index in [1.54, 1.807) is 0 Å². The van der Waals surface area contributed by atoms with Crippen LogP contribution in [0.3, 0.4) is 0 Å². The Morgan fingerprint density at radius 1 is 1.38 bits per heavy atom. The molecular formula is C17H24ClN3. The van der Waals surface area contributed by atoms with Gasteiger partial charge < -0.3 is 9.88 Å². The van der Waals surface area contributed by atoms with Crippen molar-refractivity contribution in [3.63, 3.8) is 0 Å². The first-order valence-corrected chi connectivity index (χ1v) is 7.95. The smallest absolute Gasteiger partial charge is 0.108 e. The zero-order valence-corrected chi connectivity index (χ0v) is 13.8. The summed E-state index contributed by atoms with van der Waals surface area (Å²) in [5.74, 6) is 1.13. The summed E-state index contributed by atoms with van der Waals surface area (Å²) in [7, 11) is 2.05. The Morgan fingerprint density at radius 2 is 2.19 bits per heavy atom. The van der Waals surface area contributed by atoms with Crippen LogP contribution in [0.25, 0.3) is 0 Å². The summed E-state index contributed by atoms with van der Waals surface area (Å²) in [5.41, 5.74) is 2.58. The lowest BCUT2D eigenvalue weighted by atomic mass is 9.97. The van der Waals surface area contributed by atoms with Gasteiger partial charge in [-0.05, 0) is 49.6 Å². The van der Waals surface area contributed by atoms with Gasteiger partial charge in [-0.3, -0.25) is 0 Å². The number of aromatic nitrogens is 2. The Balaban J connectivity index is 2.12. The number of hydrogen-bond donors (Lipinski definition) is 1. The van der Waals surface area contributed by atoms with Crippen molar-refractivity contribution >= 4 is 11.6 Å². The molecule has 0 aliphatic carbocycles. The molecule has 1 aromatic carbocycles. The van der Waals surface area contributed by atoms with E-state index < -0.39 is 0 Å². The topological polar surface area (TPSA) is 29.9 Å². The zero-order chi connectivity index (χ0) is 15.2. The van der Waals surface area contributed by atoms with Crippen molar-refractivity contribution in [2.24, 2.45) is 7.05 Å². The summed E-state index contributed by atoms with van der Waals surface area (Å²) < 4.78 is 2.09. The molecule has 1 N–H and O–H groups in total. The molecule has 1 heterocycles. The van der Waals surface area contributed by atoms with Gasteiger partial charge in [0.05, 0.1) is 0 Å². The minimum absolute atomic E-state index is 0.346. The fourth-order valence-corrected chi connectivity index (χ4v) is 2.85. The van der Waals surface area contributed by atoms with Crippen molar-refractivity contribution in [1.29, 1.82) is 0 Å². The lowest BCUT2D eigenvalue weighted by Gasteiger charge is -2.21. The summed E-state index contributed by atoms with van der Waals surface area (Å²) in [6.45, 7) is 5.34. The number of imidazole rings is 1. The van der Waals surface area contributed by atoms with Gasteiger partial charge in [0, 0.05) is 36.9 Å². The van der Waals surface area contributed by atoms with E-state index in [1.165, 1.54) is 11.1 Å². The van der Waals surface area contributed by atoms with Gasteiger partial charge in [-0.1, -0.05) is 24.6 Å². The molecule has 114 valence electrons. The van der Waals surface area contributed by atoms with Crippen molar-refractivity contribution in [2.45, 2.75) is 39.2 Å². The van der Waals surface area contributed by atoms with Crippen LogP contribution in [-0.2, 0) is 13.5 Å². The molecule has 0 saturated carbocycles. The van der Waals surface area contributed by atoms with Crippen LogP contribution in [0, 0.1) is 6.92 Å². The summed E-state index contributed by atoms with van der Waals surface area (Å²) >= 11 is 6.07. The Morgan fingerprint density at radius 3 is 2.81 bits per heavy atom. The fraction of sp³-hybridized carbons (Fsp3) is 0.471. The van der Waals surface area contributed by atoms with Crippen LogP contribution in [-0.4, -0.2) is 16.1 Å². The highest BCUT2D eigenvalue weighted by Gasteiger charge is 2.14. The fourth-order valence-electron chi connectivity index (χ4n) is 2.63. The third-order valence-corrected chi connectivity index (χ3v) is 4.06. The van der Waals surface area contributed by atoms with E-state index in [-0.39, 0.29) is 0 Å². The van der Waals surface area contributed by atoms with Crippen molar-refractivity contribution < 1.29 is 0 Å². The van der Waals surface area contributed by atoms with Crippen molar-refractivity contribution in [1.82, 2.24) is 14.9 Å². The third-order valence-electron chi connectivity index (χ3n) is 3.83. The predicted molar refractivity (Wildman–Crippen MR) is 88.8 cm³/mol. The summed E-state index contributed by atoms with van der Waals surface area (Å²) in [6.07, 6.45) is 6.99. The largest absolute Gasteiger partial charge is 0.338 e. The van der Waals surface area contributed by atoms with Gasteiger partial charge >= 0.3 is 0 Å². The maximum atomic E-state index is 6.07. The van der Waals surface area contributed by atoms with E-state index in [0.29, 0.717) is 6.04 Å².